The highest BCUT2D eigenvalue weighted by atomic mass is 15.2. The lowest BCUT2D eigenvalue weighted by Gasteiger charge is -2.50. The Balaban J connectivity index is 2.01. The Morgan fingerprint density at radius 1 is 0.952 bits per heavy atom. The molecule has 0 aromatic heterocycles. The van der Waals surface area contributed by atoms with Crippen LogP contribution in [-0.4, -0.2) is 30.1 Å². The van der Waals surface area contributed by atoms with Crippen molar-refractivity contribution >= 4 is 0 Å². The van der Waals surface area contributed by atoms with Gasteiger partial charge in [0.25, 0.3) is 0 Å². The first kappa shape index (κ1) is 17.3. The third-order valence-corrected chi connectivity index (χ3v) is 7.22. The molecule has 2 N–H and O–H groups in total. The average Bonchev–Trinajstić information content (AvgIpc) is 2.78. The van der Waals surface area contributed by atoms with Crippen LogP contribution in [0.4, 0.5) is 0 Å². The molecular formula is C19H38N2. The van der Waals surface area contributed by atoms with Gasteiger partial charge in [-0.15, -0.1) is 0 Å². The Bertz CT molecular complexity index is 301. The molecule has 1 saturated heterocycles. The van der Waals surface area contributed by atoms with Gasteiger partial charge in [-0.2, -0.15) is 0 Å². The molecule has 124 valence electrons. The van der Waals surface area contributed by atoms with Gasteiger partial charge in [0.15, 0.2) is 0 Å². The minimum Gasteiger partial charge on any atom is -0.329 e. The number of nitrogens with zero attached hydrogens (tertiary/aromatic N) is 1. The number of hydrogen-bond donors (Lipinski definition) is 1. The van der Waals surface area contributed by atoms with Crippen LogP contribution in [0.1, 0.15) is 85.0 Å². The van der Waals surface area contributed by atoms with Crippen molar-refractivity contribution in [3.05, 3.63) is 0 Å². The van der Waals surface area contributed by atoms with Crippen LogP contribution in [0.15, 0.2) is 0 Å². The van der Waals surface area contributed by atoms with Gasteiger partial charge >= 0.3 is 0 Å². The van der Waals surface area contributed by atoms with Crippen LogP contribution in [-0.2, 0) is 0 Å². The third-order valence-electron chi connectivity index (χ3n) is 7.22. The summed E-state index contributed by atoms with van der Waals surface area (Å²) in [4.78, 5) is 2.80. The zero-order valence-electron chi connectivity index (χ0n) is 14.8. The van der Waals surface area contributed by atoms with Gasteiger partial charge in [0.2, 0.25) is 0 Å². The molecule has 1 saturated carbocycles. The Hall–Kier alpha value is -0.0800. The first-order valence-corrected chi connectivity index (χ1v) is 9.59. The molecule has 2 heteroatoms. The van der Waals surface area contributed by atoms with E-state index in [1.165, 1.54) is 77.3 Å². The molecule has 0 radical (unpaired) electrons. The van der Waals surface area contributed by atoms with Crippen molar-refractivity contribution in [1.82, 2.24) is 4.90 Å². The number of rotatable bonds is 5. The van der Waals surface area contributed by atoms with E-state index in [1.54, 1.807) is 0 Å². The minimum atomic E-state index is 0.331. The van der Waals surface area contributed by atoms with Gasteiger partial charge < -0.3 is 5.73 Å². The maximum absolute atomic E-state index is 6.32. The van der Waals surface area contributed by atoms with E-state index >= 15 is 0 Å². The summed E-state index contributed by atoms with van der Waals surface area (Å²) in [6, 6.07) is 0. The molecule has 2 atom stereocenters. The predicted molar refractivity (Wildman–Crippen MR) is 92.5 cm³/mol. The largest absolute Gasteiger partial charge is 0.329 e. The number of piperidine rings is 1. The van der Waals surface area contributed by atoms with E-state index in [1.807, 2.05) is 0 Å². The molecule has 1 aliphatic carbocycles. The molecule has 21 heavy (non-hydrogen) atoms. The van der Waals surface area contributed by atoms with Gasteiger partial charge in [0, 0.05) is 12.1 Å². The van der Waals surface area contributed by atoms with Crippen LogP contribution < -0.4 is 5.73 Å². The fraction of sp³-hybridized carbons (Fsp3) is 1.00. The molecule has 0 amide bonds. The molecule has 0 spiro atoms. The summed E-state index contributed by atoms with van der Waals surface area (Å²) in [7, 11) is 0. The smallest absolute Gasteiger partial charge is 0.0331 e. The van der Waals surface area contributed by atoms with E-state index in [4.69, 9.17) is 5.73 Å². The summed E-state index contributed by atoms with van der Waals surface area (Å²) in [5, 5.41) is 0. The van der Waals surface area contributed by atoms with Crippen molar-refractivity contribution < 1.29 is 0 Å². The molecule has 2 rings (SSSR count). The maximum Gasteiger partial charge on any atom is 0.0331 e. The molecular weight excluding hydrogens is 256 g/mol. The van der Waals surface area contributed by atoms with Crippen molar-refractivity contribution in [2.45, 2.75) is 90.5 Å². The van der Waals surface area contributed by atoms with Crippen LogP contribution in [0, 0.1) is 11.3 Å². The summed E-state index contributed by atoms with van der Waals surface area (Å²) < 4.78 is 0. The Labute approximate surface area is 132 Å². The fourth-order valence-corrected chi connectivity index (χ4v) is 4.93. The Morgan fingerprint density at radius 3 is 2.14 bits per heavy atom. The average molecular weight is 295 g/mol. The van der Waals surface area contributed by atoms with Gasteiger partial charge in [0.1, 0.15) is 0 Å². The van der Waals surface area contributed by atoms with Crippen molar-refractivity contribution in [2.24, 2.45) is 17.1 Å². The van der Waals surface area contributed by atoms with E-state index in [9.17, 15) is 0 Å². The third kappa shape index (κ3) is 3.64. The van der Waals surface area contributed by atoms with Crippen LogP contribution in [0.5, 0.6) is 0 Å². The van der Waals surface area contributed by atoms with Crippen molar-refractivity contribution in [3.8, 4) is 0 Å². The highest BCUT2D eigenvalue weighted by Gasteiger charge is 2.41. The minimum absolute atomic E-state index is 0.331. The van der Waals surface area contributed by atoms with Crippen molar-refractivity contribution in [1.29, 1.82) is 0 Å². The quantitative estimate of drug-likeness (QED) is 0.752. The topological polar surface area (TPSA) is 29.3 Å². The highest BCUT2D eigenvalue weighted by molar-refractivity contribution is 4.97. The zero-order valence-corrected chi connectivity index (χ0v) is 14.8. The first-order chi connectivity index (χ1) is 10.1. The molecule has 1 heterocycles. The molecule has 0 aromatic carbocycles. The lowest BCUT2D eigenvalue weighted by Crippen LogP contribution is -2.57. The molecule has 2 aliphatic rings. The van der Waals surface area contributed by atoms with Gasteiger partial charge in [-0.1, -0.05) is 52.9 Å². The second-order valence-electron chi connectivity index (χ2n) is 7.83. The number of hydrogen-bond acceptors (Lipinski definition) is 2. The first-order valence-electron chi connectivity index (χ1n) is 9.59. The molecule has 2 unspecified atom stereocenters. The normalized spacial score (nSPS) is 34.6. The van der Waals surface area contributed by atoms with Crippen molar-refractivity contribution in [3.63, 3.8) is 0 Å². The molecule has 0 aromatic rings. The van der Waals surface area contributed by atoms with Gasteiger partial charge in [0.05, 0.1) is 0 Å². The van der Waals surface area contributed by atoms with E-state index in [2.05, 4.69) is 25.7 Å². The summed E-state index contributed by atoms with van der Waals surface area (Å²) in [6.45, 7) is 10.6. The van der Waals surface area contributed by atoms with Crippen LogP contribution >= 0.6 is 0 Å². The van der Waals surface area contributed by atoms with Gasteiger partial charge in [-0.3, -0.25) is 4.90 Å². The lowest BCUT2D eigenvalue weighted by atomic mass is 9.72. The maximum atomic E-state index is 6.32. The Kier molecular flexibility index (Phi) is 6.14. The summed E-state index contributed by atoms with van der Waals surface area (Å²) in [6.07, 6.45) is 13.7. The number of likely N-dealkylation sites (tertiary alicyclic amines) is 1. The zero-order chi connectivity index (χ0) is 15.3. The second kappa shape index (κ2) is 7.46. The lowest BCUT2D eigenvalue weighted by molar-refractivity contribution is 0.00728. The van der Waals surface area contributed by atoms with Crippen molar-refractivity contribution in [2.75, 3.05) is 19.6 Å². The molecule has 2 nitrogen and oxygen atoms in total. The fourth-order valence-electron chi connectivity index (χ4n) is 4.93. The Morgan fingerprint density at radius 2 is 1.62 bits per heavy atom. The molecule has 0 bridgehead atoms. The van der Waals surface area contributed by atoms with Crippen LogP contribution in [0.25, 0.3) is 0 Å². The molecule has 2 fully saturated rings. The number of nitrogens with two attached hydrogens (primary N) is 1. The summed E-state index contributed by atoms with van der Waals surface area (Å²) in [5.74, 6) is 0.952. The predicted octanol–water partition coefficient (Wildman–Crippen LogP) is 4.58. The standard InChI is InChI=1S/C19H38N2/c1-4-17-8-7-10-19(16-20,11-9-17)21-14-12-18(5-2,6-3)13-15-21/h17H,4-16,20H2,1-3H3. The van der Waals surface area contributed by atoms with E-state index in [0.29, 0.717) is 11.0 Å². The highest BCUT2D eigenvalue weighted by Crippen LogP contribution is 2.43. The van der Waals surface area contributed by atoms with E-state index < -0.39 is 0 Å². The monoisotopic (exact) mass is 294 g/mol. The van der Waals surface area contributed by atoms with E-state index in [0.717, 1.165) is 12.5 Å². The van der Waals surface area contributed by atoms with Crippen LogP contribution in [0.2, 0.25) is 0 Å². The SMILES string of the molecule is CCC1CCCC(CN)(N2CCC(CC)(CC)CC2)CC1. The second-order valence-corrected chi connectivity index (χ2v) is 7.83. The van der Waals surface area contributed by atoms with Crippen LogP contribution in [0.3, 0.4) is 0 Å². The van der Waals surface area contributed by atoms with Gasteiger partial charge in [-0.25, -0.2) is 0 Å². The summed E-state index contributed by atoms with van der Waals surface area (Å²) in [5.41, 5.74) is 7.28. The van der Waals surface area contributed by atoms with E-state index in [-0.39, 0.29) is 0 Å². The molecule has 1 aliphatic heterocycles. The summed E-state index contributed by atoms with van der Waals surface area (Å²) >= 11 is 0. The van der Waals surface area contributed by atoms with Gasteiger partial charge in [-0.05, 0) is 56.5 Å².